The second-order valence-electron chi connectivity index (χ2n) is 13.6. The molecule has 53 heavy (non-hydrogen) atoms. The lowest BCUT2D eigenvalue weighted by Gasteiger charge is -2.49. The Morgan fingerprint density at radius 1 is 0.849 bits per heavy atom. The zero-order valence-corrected chi connectivity index (χ0v) is 28.2. The summed E-state index contributed by atoms with van der Waals surface area (Å²) in [6, 6.07) is 10.3. The van der Waals surface area contributed by atoms with Gasteiger partial charge in [0.25, 0.3) is 0 Å². The second-order valence-corrected chi connectivity index (χ2v) is 14.1. The van der Waals surface area contributed by atoms with Gasteiger partial charge in [0.05, 0.1) is 57.3 Å². The van der Waals surface area contributed by atoms with E-state index in [9.17, 15) is 55.0 Å². The second kappa shape index (κ2) is 12.7. The SMILES string of the molecule is C[C@@]12C(=O)N(c3ccc(F)c(Cl)c3)C(=O)[C@@H]1C[C@@H]1C(=CC[C@@H]3C(=O)N(c4cc(C(F)(F)F)cc(C(F)(F)F)c4)C(=O)[C@@H]31)[C@@H]2c1ccccc1OCCO. The highest BCUT2D eigenvalue weighted by Crippen LogP contribution is 2.64. The number of benzene rings is 3. The predicted octanol–water partition coefficient (Wildman–Crippen LogP) is 7.32. The van der Waals surface area contributed by atoms with Crippen LogP contribution in [0.25, 0.3) is 0 Å². The zero-order valence-electron chi connectivity index (χ0n) is 27.5. The lowest BCUT2D eigenvalue weighted by molar-refractivity contribution is -0.143. The number of alkyl halides is 6. The average molecular weight is 765 g/mol. The molecule has 4 aliphatic rings. The summed E-state index contributed by atoms with van der Waals surface area (Å²) in [6.07, 6.45) is -9.20. The van der Waals surface area contributed by atoms with Gasteiger partial charge in [0, 0.05) is 11.5 Å². The molecule has 2 heterocycles. The molecule has 16 heteroatoms. The van der Waals surface area contributed by atoms with Gasteiger partial charge in [0.15, 0.2) is 0 Å². The standard InChI is InChI=1S/C37H28ClF7N2O6/c1-35-25(32(50)47(34(35)52)19-6-9-27(39)26(38)15-19)16-24-21(30(35)22-4-2-3-5-28(22)53-11-10-48)7-8-23-29(24)33(51)46(31(23)49)20-13-17(36(40,41)42)12-18(14-20)37(43,44)45/h2-7,9,12-15,23-25,29-30,48H,8,10-11,16H2,1H3/t23-,24+,25-,29-,30+,35+/m0/s1. The third-order valence-electron chi connectivity index (χ3n) is 10.8. The maximum atomic E-state index is 14.6. The van der Waals surface area contributed by atoms with E-state index in [4.69, 9.17) is 16.3 Å². The smallest absolute Gasteiger partial charge is 0.416 e. The molecular weight excluding hydrogens is 737 g/mol. The minimum Gasteiger partial charge on any atom is -0.491 e. The van der Waals surface area contributed by atoms with Crippen molar-refractivity contribution in [2.75, 3.05) is 23.0 Å². The van der Waals surface area contributed by atoms with Crippen molar-refractivity contribution in [3.63, 3.8) is 0 Å². The Balaban J connectivity index is 1.37. The number of fused-ring (bicyclic) bond motifs is 4. The summed E-state index contributed by atoms with van der Waals surface area (Å²) in [5.41, 5.74) is -5.08. The van der Waals surface area contributed by atoms with Crippen molar-refractivity contribution in [1.82, 2.24) is 0 Å². The van der Waals surface area contributed by atoms with E-state index in [1.54, 1.807) is 37.3 Å². The van der Waals surface area contributed by atoms with Crippen LogP contribution in [0.4, 0.5) is 42.1 Å². The van der Waals surface area contributed by atoms with Crippen molar-refractivity contribution in [3.05, 3.63) is 99.8 Å². The van der Waals surface area contributed by atoms with Gasteiger partial charge in [-0.3, -0.25) is 19.2 Å². The number of nitrogens with zero attached hydrogens (tertiary/aromatic N) is 2. The number of hydrogen-bond acceptors (Lipinski definition) is 6. The first-order valence-electron chi connectivity index (χ1n) is 16.4. The number of carbonyl (C=O) groups is 4. The minimum absolute atomic E-state index is 0.0243. The van der Waals surface area contributed by atoms with Crippen LogP contribution in [0, 0.1) is 34.9 Å². The first-order chi connectivity index (χ1) is 24.9. The van der Waals surface area contributed by atoms with Gasteiger partial charge in [-0.15, -0.1) is 0 Å². The normalized spacial score (nSPS) is 27.1. The van der Waals surface area contributed by atoms with E-state index in [0.29, 0.717) is 28.2 Å². The molecule has 0 unspecified atom stereocenters. The monoisotopic (exact) mass is 764 g/mol. The van der Waals surface area contributed by atoms with Crippen LogP contribution in [-0.2, 0) is 31.5 Å². The average Bonchev–Trinajstić information content (AvgIpc) is 3.47. The molecule has 3 fully saturated rings. The van der Waals surface area contributed by atoms with Crippen LogP contribution in [0.15, 0.2) is 72.3 Å². The van der Waals surface area contributed by atoms with E-state index in [1.165, 1.54) is 6.07 Å². The fourth-order valence-electron chi connectivity index (χ4n) is 8.56. The van der Waals surface area contributed by atoms with Crippen molar-refractivity contribution in [2.24, 2.45) is 29.1 Å². The number of rotatable bonds is 6. The molecule has 4 amide bonds. The van der Waals surface area contributed by atoms with Crippen LogP contribution < -0.4 is 14.5 Å². The number of carbonyl (C=O) groups excluding carboxylic acids is 4. The summed E-state index contributed by atoms with van der Waals surface area (Å²) >= 11 is 6.02. The van der Waals surface area contributed by atoms with E-state index < -0.39 is 93.6 Å². The van der Waals surface area contributed by atoms with Crippen LogP contribution in [-0.4, -0.2) is 41.9 Å². The Kier molecular flexibility index (Phi) is 8.76. The van der Waals surface area contributed by atoms with Crippen molar-refractivity contribution >= 4 is 46.6 Å². The van der Waals surface area contributed by atoms with E-state index in [1.807, 2.05) is 0 Å². The topological polar surface area (TPSA) is 104 Å². The molecule has 0 bridgehead atoms. The predicted molar refractivity (Wildman–Crippen MR) is 174 cm³/mol. The molecule has 7 rings (SSSR count). The minimum atomic E-state index is -5.24. The van der Waals surface area contributed by atoms with E-state index in [2.05, 4.69) is 0 Å². The molecule has 2 saturated heterocycles. The first-order valence-corrected chi connectivity index (χ1v) is 16.8. The number of anilines is 2. The summed E-state index contributed by atoms with van der Waals surface area (Å²) in [7, 11) is 0. The van der Waals surface area contributed by atoms with Crippen molar-refractivity contribution < 1.29 is 59.8 Å². The molecular formula is C37H28ClF7N2O6. The molecule has 3 aromatic rings. The molecule has 2 aliphatic carbocycles. The molecule has 0 radical (unpaired) electrons. The van der Waals surface area contributed by atoms with Crippen LogP contribution in [0.1, 0.15) is 42.4 Å². The number of halogens is 8. The van der Waals surface area contributed by atoms with Gasteiger partial charge in [-0.05, 0) is 68.1 Å². The summed E-state index contributed by atoms with van der Waals surface area (Å²) in [5, 5.41) is 9.16. The Bertz CT molecular complexity index is 2070. The number of aliphatic hydroxyl groups is 1. The Labute approximate surface area is 301 Å². The van der Waals surface area contributed by atoms with E-state index >= 15 is 0 Å². The van der Waals surface area contributed by atoms with Gasteiger partial charge in [0.1, 0.15) is 18.2 Å². The molecule has 1 saturated carbocycles. The number of allylic oxidation sites excluding steroid dienone is 2. The third kappa shape index (κ3) is 5.70. The fourth-order valence-corrected chi connectivity index (χ4v) is 8.73. The van der Waals surface area contributed by atoms with Crippen molar-refractivity contribution in [2.45, 2.75) is 38.0 Å². The van der Waals surface area contributed by atoms with E-state index in [0.717, 1.165) is 17.0 Å². The van der Waals surface area contributed by atoms with Crippen molar-refractivity contribution in [3.8, 4) is 5.75 Å². The molecule has 278 valence electrons. The molecule has 0 aromatic heterocycles. The van der Waals surface area contributed by atoms with Crippen molar-refractivity contribution in [1.29, 1.82) is 0 Å². The van der Waals surface area contributed by atoms with Gasteiger partial charge in [-0.1, -0.05) is 41.4 Å². The maximum absolute atomic E-state index is 14.6. The quantitative estimate of drug-likeness (QED) is 0.160. The lowest BCUT2D eigenvalue weighted by Crippen LogP contribution is -2.49. The first kappa shape index (κ1) is 36.6. The van der Waals surface area contributed by atoms with Gasteiger partial charge < -0.3 is 9.84 Å². The molecule has 2 aliphatic heterocycles. The Morgan fingerprint density at radius 3 is 2.13 bits per heavy atom. The molecule has 6 atom stereocenters. The number of aliphatic hydroxyl groups excluding tert-OH is 1. The highest BCUT2D eigenvalue weighted by molar-refractivity contribution is 6.32. The van der Waals surface area contributed by atoms with Crippen LogP contribution in [0.3, 0.4) is 0 Å². The highest BCUT2D eigenvalue weighted by atomic mass is 35.5. The molecule has 1 N–H and O–H groups in total. The van der Waals surface area contributed by atoms with Crippen LogP contribution >= 0.6 is 11.6 Å². The summed E-state index contributed by atoms with van der Waals surface area (Å²) < 4.78 is 103. The number of amides is 4. The van der Waals surface area contributed by atoms with Crippen LogP contribution in [0.5, 0.6) is 5.75 Å². The van der Waals surface area contributed by atoms with Gasteiger partial charge in [-0.25, -0.2) is 14.2 Å². The summed E-state index contributed by atoms with van der Waals surface area (Å²) in [4.78, 5) is 58.4. The lowest BCUT2D eigenvalue weighted by atomic mass is 9.51. The maximum Gasteiger partial charge on any atom is 0.416 e. The molecule has 8 nitrogen and oxygen atoms in total. The Hall–Kier alpha value is -4.76. The van der Waals surface area contributed by atoms with Gasteiger partial charge >= 0.3 is 12.4 Å². The number of para-hydroxylation sites is 1. The number of hydrogen-bond donors (Lipinski definition) is 1. The summed E-state index contributed by atoms with van der Waals surface area (Å²) in [6.45, 7) is 1.04. The zero-order chi connectivity index (χ0) is 38.4. The Morgan fingerprint density at radius 2 is 1.51 bits per heavy atom. The largest absolute Gasteiger partial charge is 0.491 e. The fraction of sp³-hybridized carbons (Fsp3) is 0.351. The van der Waals surface area contributed by atoms with Gasteiger partial charge in [-0.2, -0.15) is 26.3 Å². The number of ether oxygens (including phenoxy) is 1. The molecule has 0 spiro atoms. The summed E-state index contributed by atoms with van der Waals surface area (Å²) in [5.74, 6) is -9.72. The highest BCUT2D eigenvalue weighted by Gasteiger charge is 2.68. The third-order valence-corrected chi connectivity index (χ3v) is 11.1. The molecule has 3 aromatic carbocycles. The van der Waals surface area contributed by atoms with E-state index in [-0.39, 0.29) is 48.6 Å². The van der Waals surface area contributed by atoms with Gasteiger partial charge in [0.2, 0.25) is 23.6 Å². The van der Waals surface area contributed by atoms with Crippen LogP contribution in [0.2, 0.25) is 5.02 Å². The number of imide groups is 2.